The maximum atomic E-state index is 8.69. The van der Waals surface area contributed by atoms with Crippen molar-refractivity contribution in [2.24, 2.45) is 0 Å². The highest BCUT2D eigenvalue weighted by atomic mass is 16.6. The second-order valence-corrected chi connectivity index (χ2v) is 5.03. The molecule has 0 rings (SSSR count). The van der Waals surface area contributed by atoms with Crippen molar-refractivity contribution in [1.29, 1.82) is 0 Å². The summed E-state index contributed by atoms with van der Waals surface area (Å²) in [5, 5.41) is 17.1. The molecular weight excluding hydrogens is 276 g/mol. The van der Waals surface area contributed by atoms with Crippen molar-refractivity contribution >= 4 is 0 Å². The molecule has 0 aliphatic rings. The molecule has 0 bridgehead atoms. The maximum Gasteiger partial charge on any atom is 0.0781 e. The van der Waals surface area contributed by atoms with Crippen LogP contribution in [0.3, 0.4) is 0 Å². The van der Waals surface area contributed by atoms with Crippen LogP contribution in [-0.2, 0) is 18.9 Å². The molecule has 4 atom stereocenters. The predicted molar refractivity (Wildman–Crippen MR) is 82.6 cm³/mol. The van der Waals surface area contributed by atoms with Crippen LogP contribution >= 0.6 is 0 Å². The van der Waals surface area contributed by atoms with Gasteiger partial charge in [-0.25, -0.2) is 0 Å². The van der Waals surface area contributed by atoms with Crippen LogP contribution in [0.25, 0.3) is 0 Å². The van der Waals surface area contributed by atoms with Gasteiger partial charge in [-0.3, -0.25) is 0 Å². The smallest absolute Gasteiger partial charge is 0.0781 e. The first-order valence-corrected chi connectivity index (χ1v) is 7.49. The fourth-order valence-corrected chi connectivity index (χ4v) is 1.06. The van der Waals surface area contributed by atoms with E-state index in [4.69, 9.17) is 29.2 Å². The molecule has 6 nitrogen and oxygen atoms in total. The molecule has 0 saturated carbocycles. The Bertz CT molecular complexity index is 201. The minimum atomic E-state index is -0.445. The Morgan fingerprint density at radius 3 is 1.86 bits per heavy atom. The zero-order valence-electron chi connectivity index (χ0n) is 14.4. The van der Waals surface area contributed by atoms with E-state index in [-0.39, 0.29) is 24.9 Å². The largest absolute Gasteiger partial charge is 0.394 e. The Morgan fingerprint density at radius 2 is 1.43 bits per heavy atom. The first kappa shape index (κ1) is 23.0. The molecule has 21 heavy (non-hydrogen) atoms. The Labute approximate surface area is 129 Å². The molecule has 6 heteroatoms. The van der Waals surface area contributed by atoms with Gasteiger partial charge in [-0.1, -0.05) is 0 Å². The van der Waals surface area contributed by atoms with E-state index in [0.29, 0.717) is 19.8 Å². The average Bonchev–Trinajstić information content (AvgIpc) is 2.48. The van der Waals surface area contributed by atoms with E-state index in [0.717, 1.165) is 6.61 Å². The molecule has 0 aromatic heterocycles. The predicted octanol–water partition coefficient (Wildman–Crippen LogP) is 1.23. The van der Waals surface area contributed by atoms with Crippen molar-refractivity contribution in [3.63, 3.8) is 0 Å². The molecule has 130 valence electrons. The zero-order chi connectivity index (χ0) is 16.7. The van der Waals surface area contributed by atoms with Crippen molar-refractivity contribution < 1.29 is 29.2 Å². The number of methoxy groups -OCH3 is 1. The molecule has 0 fully saturated rings. The summed E-state index contributed by atoms with van der Waals surface area (Å²) in [4.78, 5) is 0. The summed E-state index contributed by atoms with van der Waals surface area (Å²) in [7, 11) is 1.68. The topological polar surface area (TPSA) is 77.4 Å². The van der Waals surface area contributed by atoms with Crippen molar-refractivity contribution in [2.45, 2.75) is 59.0 Å². The van der Waals surface area contributed by atoms with Gasteiger partial charge >= 0.3 is 0 Å². The van der Waals surface area contributed by atoms with E-state index in [1.54, 1.807) is 21.0 Å². The quantitative estimate of drug-likeness (QED) is 0.598. The summed E-state index contributed by atoms with van der Waals surface area (Å²) in [5.74, 6) is 0. The van der Waals surface area contributed by atoms with Crippen LogP contribution in [0.5, 0.6) is 0 Å². The molecule has 0 aliphatic carbocycles. The van der Waals surface area contributed by atoms with Crippen molar-refractivity contribution in [1.82, 2.24) is 0 Å². The zero-order valence-corrected chi connectivity index (χ0v) is 14.4. The van der Waals surface area contributed by atoms with Gasteiger partial charge in [0, 0.05) is 13.7 Å². The second-order valence-electron chi connectivity index (χ2n) is 5.03. The maximum absolute atomic E-state index is 8.69. The average molecular weight is 310 g/mol. The standard InChI is InChI=1S/C9H20O3.C6H14O3/c1-5-11-6-9(3)12-7-8(2)10-4;1-5(8)4-9-6(2)3-7/h8-9H,5-7H2,1-4H3;5-8H,3-4H2,1-2H3. The number of hydrogen-bond acceptors (Lipinski definition) is 6. The third-order valence-corrected chi connectivity index (χ3v) is 2.45. The molecule has 4 unspecified atom stereocenters. The lowest BCUT2D eigenvalue weighted by Crippen LogP contribution is -2.22. The molecule has 0 heterocycles. The number of aliphatic hydroxyl groups is 2. The summed E-state index contributed by atoms with van der Waals surface area (Å²) in [6, 6.07) is 0. The monoisotopic (exact) mass is 310 g/mol. The Kier molecular flexibility index (Phi) is 17.7. The summed E-state index contributed by atoms with van der Waals surface area (Å²) in [6.07, 6.45) is -0.296. The van der Waals surface area contributed by atoms with Crippen LogP contribution in [0.2, 0.25) is 0 Å². The van der Waals surface area contributed by atoms with Gasteiger partial charge in [0.1, 0.15) is 0 Å². The van der Waals surface area contributed by atoms with E-state index in [2.05, 4.69) is 0 Å². The third kappa shape index (κ3) is 19.8. The highest BCUT2D eigenvalue weighted by molar-refractivity contribution is 4.51. The molecular formula is C15H34O6. The summed E-state index contributed by atoms with van der Waals surface area (Å²) in [5.41, 5.74) is 0. The van der Waals surface area contributed by atoms with Gasteiger partial charge in [-0.05, 0) is 34.6 Å². The number of ether oxygens (including phenoxy) is 4. The highest BCUT2D eigenvalue weighted by Gasteiger charge is 2.04. The van der Waals surface area contributed by atoms with Crippen molar-refractivity contribution in [2.75, 3.05) is 40.1 Å². The van der Waals surface area contributed by atoms with E-state index >= 15 is 0 Å². The lowest BCUT2D eigenvalue weighted by atomic mass is 10.4. The van der Waals surface area contributed by atoms with Gasteiger partial charge in [0.15, 0.2) is 0 Å². The summed E-state index contributed by atoms with van der Waals surface area (Å²) < 4.78 is 20.6. The SMILES string of the molecule is CC(O)COC(C)CO.CCOCC(C)OCC(C)OC. The van der Waals surface area contributed by atoms with Gasteiger partial charge in [0.05, 0.1) is 50.8 Å². The van der Waals surface area contributed by atoms with Crippen LogP contribution in [-0.4, -0.2) is 74.8 Å². The van der Waals surface area contributed by atoms with Crippen LogP contribution < -0.4 is 0 Å². The number of aliphatic hydroxyl groups excluding tert-OH is 2. The summed E-state index contributed by atoms with van der Waals surface area (Å²) in [6.45, 7) is 11.7. The minimum absolute atomic E-state index is 0.00667. The Morgan fingerprint density at radius 1 is 0.857 bits per heavy atom. The van der Waals surface area contributed by atoms with Gasteiger partial charge in [-0.15, -0.1) is 0 Å². The van der Waals surface area contributed by atoms with E-state index in [1.165, 1.54) is 0 Å². The molecule has 0 spiro atoms. The second kappa shape index (κ2) is 16.1. The summed E-state index contributed by atoms with van der Waals surface area (Å²) >= 11 is 0. The molecule has 0 aromatic carbocycles. The van der Waals surface area contributed by atoms with Gasteiger partial charge in [-0.2, -0.15) is 0 Å². The molecule has 0 aromatic rings. The Balaban J connectivity index is 0. The number of rotatable bonds is 11. The molecule has 0 aliphatic heterocycles. The van der Waals surface area contributed by atoms with E-state index < -0.39 is 6.10 Å². The van der Waals surface area contributed by atoms with Crippen molar-refractivity contribution in [3.05, 3.63) is 0 Å². The van der Waals surface area contributed by atoms with Crippen LogP contribution in [0.15, 0.2) is 0 Å². The first-order chi connectivity index (χ1) is 9.87. The fraction of sp³-hybridized carbons (Fsp3) is 1.00. The molecule has 0 amide bonds. The number of hydrogen-bond donors (Lipinski definition) is 2. The van der Waals surface area contributed by atoms with Crippen LogP contribution in [0.1, 0.15) is 34.6 Å². The first-order valence-electron chi connectivity index (χ1n) is 7.49. The molecule has 2 N–H and O–H groups in total. The van der Waals surface area contributed by atoms with Gasteiger partial charge in [0.25, 0.3) is 0 Å². The molecule has 0 radical (unpaired) electrons. The normalized spacial score (nSPS) is 16.6. The highest BCUT2D eigenvalue weighted by Crippen LogP contribution is 1.96. The Hall–Kier alpha value is -0.240. The van der Waals surface area contributed by atoms with Crippen LogP contribution in [0.4, 0.5) is 0 Å². The fourth-order valence-electron chi connectivity index (χ4n) is 1.06. The lowest BCUT2D eigenvalue weighted by Gasteiger charge is -2.15. The van der Waals surface area contributed by atoms with E-state index in [9.17, 15) is 0 Å². The van der Waals surface area contributed by atoms with Crippen LogP contribution in [0, 0.1) is 0 Å². The third-order valence-electron chi connectivity index (χ3n) is 2.45. The van der Waals surface area contributed by atoms with E-state index in [1.807, 2.05) is 20.8 Å². The van der Waals surface area contributed by atoms with Crippen molar-refractivity contribution in [3.8, 4) is 0 Å². The van der Waals surface area contributed by atoms with Gasteiger partial charge in [0.2, 0.25) is 0 Å². The molecule has 0 saturated heterocycles. The minimum Gasteiger partial charge on any atom is -0.394 e. The lowest BCUT2D eigenvalue weighted by molar-refractivity contribution is -0.0446. The van der Waals surface area contributed by atoms with Gasteiger partial charge < -0.3 is 29.2 Å².